The van der Waals surface area contributed by atoms with E-state index in [9.17, 15) is 5.11 Å². The lowest BCUT2D eigenvalue weighted by Gasteiger charge is -2.41. The summed E-state index contributed by atoms with van der Waals surface area (Å²) in [6.45, 7) is 1.77. The average molecular weight is 206 g/mol. The van der Waals surface area contributed by atoms with Gasteiger partial charge in [-0.2, -0.15) is 0 Å². The van der Waals surface area contributed by atoms with E-state index in [1.54, 1.807) is 6.92 Å². The van der Waals surface area contributed by atoms with Gasteiger partial charge in [0, 0.05) is 21.3 Å². The molecule has 0 aliphatic carbocycles. The number of methoxy groups -OCH3 is 3. The summed E-state index contributed by atoms with van der Waals surface area (Å²) in [7, 11) is 4.60. The lowest BCUT2D eigenvalue weighted by atomic mass is 9.99. The molecule has 1 fully saturated rings. The van der Waals surface area contributed by atoms with E-state index in [1.165, 1.54) is 21.3 Å². The highest BCUT2D eigenvalue weighted by Crippen LogP contribution is 2.25. The molecular weight excluding hydrogens is 188 g/mol. The first-order valence-corrected chi connectivity index (χ1v) is 4.57. The Morgan fingerprint density at radius 2 is 1.57 bits per heavy atom. The molecule has 0 radical (unpaired) electrons. The molecule has 1 heterocycles. The Bertz CT molecular complexity index is 171. The van der Waals surface area contributed by atoms with Crippen LogP contribution in [0.3, 0.4) is 0 Å². The minimum absolute atomic E-state index is 0.323. The Morgan fingerprint density at radius 3 is 2.00 bits per heavy atom. The molecule has 4 unspecified atom stereocenters. The maximum absolute atomic E-state index is 9.77. The van der Waals surface area contributed by atoms with Crippen molar-refractivity contribution < 1.29 is 24.1 Å². The molecule has 0 aromatic heterocycles. The molecule has 1 rings (SSSR count). The molecule has 14 heavy (non-hydrogen) atoms. The van der Waals surface area contributed by atoms with Crippen molar-refractivity contribution in [1.29, 1.82) is 0 Å². The molecule has 0 bridgehead atoms. The fraction of sp³-hybridized carbons (Fsp3) is 1.00. The van der Waals surface area contributed by atoms with Crippen LogP contribution in [-0.4, -0.2) is 57.1 Å². The molecule has 0 aromatic rings. The molecular formula is C9H18O5. The normalized spacial score (nSPS) is 43.9. The van der Waals surface area contributed by atoms with Gasteiger partial charge in [0.15, 0.2) is 6.29 Å². The SMILES string of the molecule is COC1OC(C)C(O)[C@H](OC)C1OC. The van der Waals surface area contributed by atoms with Crippen molar-refractivity contribution in [3.05, 3.63) is 0 Å². The predicted octanol–water partition coefficient (Wildman–Crippen LogP) is -0.232. The van der Waals surface area contributed by atoms with Crippen molar-refractivity contribution >= 4 is 0 Å². The Morgan fingerprint density at radius 1 is 1.00 bits per heavy atom. The number of aliphatic hydroxyl groups is 1. The van der Waals surface area contributed by atoms with E-state index in [0.717, 1.165) is 0 Å². The van der Waals surface area contributed by atoms with Gasteiger partial charge >= 0.3 is 0 Å². The summed E-state index contributed by atoms with van der Waals surface area (Å²) >= 11 is 0. The van der Waals surface area contributed by atoms with Crippen LogP contribution < -0.4 is 0 Å². The second kappa shape index (κ2) is 5.04. The molecule has 5 atom stereocenters. The standard InChI is InChI=1S/C9H18O5/c1-5-6(10)7(11-2)8(12-3)9(13-4)14-5/h5-10H,1-4H3/t5?,6?,7-,8?,9?/m0/s1. The van der Waals surface area contributed by atoms with Gasteiger partial charge in [-0.3, -0.25) is 0 Å². The summed E-state index contributed by atoms with van der Waals surface area (Å²) in [4.78, 5) is 0. The summed E-state index contributed by atoms with van der Waals surface area (Å²) in [5, 5.41) is 9.77. The number of rotatable bonds is 3. The van der Waals surface area contributed by atoms with Crippen LogP contribution in [0.5, 0.6) is 0 Å². The summed E-state index contributed by atoms with van der Waals surface area (Å²) in [5.41, 5.74) is 0. The Labute approximate surface area is 83.9 Å². The third kappa shape index (κ3) is 2.07. The second-order valence-corrected chi connectivity index (χ2v) is 3.34. The van der Waals surface area contributed by atoms with Crippen molar-refractivity contribution in [3.8, 4) is 0 Å². The molecule has 0 spiro atoms. The first kappa shape index (κ1) is 11.9. The summed E-state index contributed by atoms with van der Waals surface area (Å²) in [6, 6.07) is 0. The molecule has 5 heteroatoms. The van der Waals surface area contributed by atoms with E-state index in [-0.39, 0.29) is 6.10 Å². The third-order valence-corrected chi connectivity index (χ3v) is 2.54. The highest BCUT2D eigenvalue weighted by molar-refractivity contribution is 4.89. The Balaban J connectivity index is 2.75. The van der Waals surface area contributed by atoms with Gasteiger partial charge in [0.2, 0.25) is 0 Å². The molecule has 1 aliphatic rings. The number of aliphatic hydroxyl groups excluding tert-OH is 1. The molecule has 5 nitrogen and oxygen atoms in total. The van der Waals surface area contributed by atoms with Gasteiger partial charge in [0.05, 0.1) is 6.10 Å². The number of ether oxygens (including phenoxy) is 4. The van der Waals surface area contributed by atoms with Gasteiger partial charge in [-0.05, 0) is 6.92 Å². The van der Waals surface area contributed by atoms with E-state index in [2.05, 4.69) is 0 Å². The maximum atomic E-state index is 9.77. The van der Waals surface area contributed by atoms with Crippen molar-refractivity contribution in [2.75, 3.05) is 21.3 Å². The summed E-state index contributed by atoms with van der Waals surface area (Å²) < 4.78 is 20.9. The van der Waals surface area contributed by atoms with Crippen LogP contribution in [0.25, 0.3) is 0 Å². The van der Waals surface area contributed by atoms with E-state index in [1.807, 2.05) is 0 Å². The van der Waals surface area contributed by atoms with Crippen LogP contribution in [0.4, 0.5) is 0 Å². The molecule has 1 saturated heterocycles. The van der Waals surface area contributed by atoms with Crippen LogP contribution in [-0.2, 0) is 18.9 Å². The largest absolute Gasteiger partial charge is 0.388 e. The second-order valence-electron chi connectivity index (χ2n) is 3.34. The quantitative estimate of drug-likeness (QED) is 0.691. The summed E-state index contributed by atoms with van der Waals surface area (Å²) in [6.07, 6.45) is -2.35. The van der Waals surface area contributed by atoms with Gasteiger partial charge in [-0.25, -0.2) is 0 Å². The highest BCUT2D eigenvalue weighted by atomic mass is 16.7. The fourth-order valence-corrected chi connectivity index (χ4v) is 1.69. The molecule has 0 amide bonds. The monoisotopic (exact) mass is 206 g/mol. The minimum atomic E-state index is -0.698. The van der Waals surface area contributed by atoms with Gasteiger partial charge < -0.3 is 24.1 Å². The number of hydrogen-bond acceptors (Lipinski definition) is 5. The maximum Gasteiger partial charge on any atom is 0.186 e. The molecule has 84 valence electrons. The van der Waals surface area contributed by atoms with Crippen molar-refractivity contribution in [3.63, 3.8) is 0 Å². The molecule has 0 aromatic carbocycles. The van der Waals surface area contributed by atoms with Crippen LogP contribution in [0.1, 0.15) is 6.92 Å². The van der Waals surface area contributed by atoms with E-state index < -0.39 is 24.6 Å². The van der Waals surface area contributed by atoms with Gasteiger partial charge in [0.25, 0.3) is 0 Å². The average Bonchev–Trinajstić information content (AvgIpc) is 2.20. The molecule has 1 N–H and O–H groups in total. The van der Waals surface area contributed by atoms with Crippen molar-refractivity contribution in [2.24, 2.45) is 0 Å². The van der Waals surface area contributed by atoms with Crippen LogP contribution in [0.2, 0.25) is 0 Å². The van der Waals surface area contributed by atoms with Gasteiger partial charge in [-0.15, -0.1) is 0 Å². The predicted molar refractivity (Wildman–Crippen MR) is 48.9 cm³/mol. The highest BCUT2D eigenvalue weighted by Gasteiger charge is 2.44. The Kier molecular flexibility index (Phi) is 4.28. The van der Waals surface area contributed by atoms with Crippen LogP contribution >= 0.6 is 0 Å². The first-order chi connectivity index (χ1) is 6.65. The Hall–Kier alpha value is -0.200. The van der Waals surface area contributed by atoms with E-state index >= 15 is 0 Å². The zero-order valence-electron chi connectivity index (χ0n) is 8.97. The first-order valence-electron chi connectivity index (χ1n) is 4.57. The van der Waals surface area contributed by atoms with Crippen LogP contribution in [0.15, 0.2) is 0 Å². The van der Waals surface area contributed by atoms with Gasteiger partial charge in [0.1, 0.15) is 18.3 Å². The summed E-state index contributed by atoms with van der Waals surface area (Å²) in [5.74, 6) is 0. The fourth-order valence-electron chi connectivity index (χ4n) is 1.69. The van der Waals surface area contributed by atoms with Crippen molar-refractivity contribution in [2.45, 2.75) is 37.6 Å². The zero-order chi connectivity index (χ0) is 10.7. The van der Waals surface area contributed by atoms with Crippen LogP contribution in [0, 0.1) is 0 Å². The number of hydrogen-bond donors (Lipinski definition) is 1. The molecule has 0 saturated carbocycles. The lowest BCUT2D eigenvalue weighted by molar-refractivity contribution is -0.295. The zero-order valence-corrected chi connectivity index (χ0v) is 8.97. The van der Waals surface area contributed by atoms with Crippen molar-refractivity contribution in [1.82, 2.24) is 0 Å². The minimum Gasteiger partial charge on any atom is -0.388 e. The van der Waals surface area contributed by atoms with E-state index in [0.29, 0.717) is 0 Å². The van der Waals surface area contributed by atoms with Gasteiger partial charge in [-0.1, -0.05) is 0 Å². The third-order valence-electron chi connectivity index (χ3n) is 2.54. The topological polar surface area (TPSA) is 57.2 Å². The smallest absolute Gasteiger partial charge is 0.186 e. The lowest BCUT2D eigenvalue weighted by Crippen LogP contribution is -2.58. The molecule has 1 aliphatic heterocycles. The van der Waals surface area contributed by atoms with E-state index in [4.69, 9.17) is 18.9 Å².